The van der Waals surface area contributed by atoms with Crippen LogP contribution in [-0.4, -0.2) is 11.6 Å². The molecule has 1 rings (SSSR count). The zero-order valence-corrected chi connectivity index (χ0v) is 11.4. The van der Waals surface area contributed by atoms with Crippen molar-refractivity contribution in [2.45, 2.75) is 52.5 Å². The van der Waals surface area contributed by atoms with E-state index in [1.807, 2.05) is 12.1 Å². The lowest BCUT2D eigenvalue weighted by Crippen LogP contribution is -2.15. The number of unbranched alkanes of at least 4 members (excludes halogenated alkanes) is 1. The fourth-order valence-corrected chi connectivity index (χ4v) is 1.48. The maximum absolute atomic E-state index is 5.71. The summed E-state index contributed by atoms with van der Waals surface area (Å²) in [6.07, 6.45) is 2.17. The molecule has 1 aromatic heterocycles. The van der Waals surface area contributed by atoms with Gasteiger partial charge in [0.25, 0.3) is 0 Å². The topological polar surface area (TPSA) is 48.1 Å². The van der Waals surface area contributed by atoms with Crippen molar-refractivity contribution in [3.63, 3.8) is 0 Å². The Kier molecular flexibility index (Phi) is 4.94. The highest BCUT2D eigenvalue weighted by atomic mass is 16.5. The molecule has 0 saturated carbocycles. The van der Waals surface area contributed by atoms with E-state index in [1.165, 1.54) is 0 Å². The molecule has 3 heteroatoms. The number of hydrogen-bond donors (Lipinski definition) is 1. The van der Waals surface area contributed by atoms with Crippen LogP contribution in [0.5, 0.6) is 5.88 Å². The van der Waals surface area contributed by atoms with Gasteiger partial charge in [0.1, 0.15) is 0 Å². The van der Waals surface area contributed by atoms with E-state index in [0.717, 1.165) is 24.1 Å². The molecule has 3 nitrogen and oxygen atoms in total. The van der Waals surface area contributed by atoms with E-state index in [-0.39, 0.29) is 5.41 Å². The van der Waals surface area contributed by atoms with Crippen LogP contribution in [0.2, 0.25) is 0 Å². The Hall–Kier alpha value is -1.09. The van der Waals surface area contributed by atoms with Crippen LogP contribution in [0.4, 0.5) is 0 Å². The van der Waals surface area contributed by atoms with E-state index in [4.69, 9.17) is 10.5 Å². The Morgan fingerprint density at radius 1 is 1.29 bits per heavy atom. The molecule has 0 aliphatic rings. The normalized spacial score (nSPS) is 11.6. The molecule has 1 aromatic rings. The van der Waals surface area contributed by atoms with Gasteiger partial charge in [-0.3, -0.25) is 0 Å². The molecular weight excluding hydrogens is 212 g/mol. The summed E-state index contributed by atoms with van der Waals surface area (Å²) in [7, 11) is 0. The van der Waals surface area contributed by atoms with Crippen molar-refractivity contribution in [2.24, 2.45) is 5.73 Å². The zero-order chi connectivity index (χ0) is 12.9. The number of nitrogens with zero attached hydrogens (tertiary/aromatic N) is 1. The minimum absolute atomic E-state index is 0.0377. The second-order valence-electron chi connectivity index (χ2n) is 5.32. The van der Waals surface area contributed by atoms with Gasteiger partial charge in [0.15, 0.2) is 0 Å². The van der Waals surface area contributed by atoms with Gasteiger partial charge in [-0.2, -0.15) is 0 Å². The Bertz CT molecular complexity index is 356. The van der Waals surface area contributed by atoms with E-state index in [1.54, 1.807) is 0 Å². The number of ether oxygens (including phenoxy) is 1. The number of aromatic nitrogens is 1. The van der Waals surface area contributed by atoms with Crippen LogP contribution in [-0.2, 0) is 12.0 Å². The van der Waals surface area contributed by atoms with E-state index < -0.39 is 0 Å². The maximum atomic E-state index is 5.71. The summed E-state index contributed by atoms with van der Waals surface area (Å²) in [5, 5.41) is 0. The number of hydrogen-bond acceptors (Lipinski definition) is 3. The van der Waals surface area contributed by atoms with E-state index >= 15 is 0 Å². The summed E-state index contributed by atoms with van der Waals surface area (Å²) >= 11 is 0. The van der Waals surface area contributed by atoms with Gasteiger partial charge in [-0.15, -0.1) is 0 Å². The van der Waals surface area contributed by atoms with E-state index in [9.17, 15) is 0 Å². The average Bonchev–Trinajstić information content (AvgIpc) is 2.28. The lowest BCUT2D eigenvalue weighted by molar-refractivity contribution is 0.292. The van der Waals surface area contributed by atoms with Crippen LogP contribution in [0.1, 0.15) is 51.8 Å². The van der Waals surface area contributed by atoms with Gasteiger partial charge in [-0.1, -0.05) is 40.2 Å². The quantitative estimate of drug-likeness (QED) is 0.799. The van der Waals surface area contributed by atoms with Crippen LogP contribution in [0.3, 0.4) is 0 Å². The molecule has 1 heterocycles. The minimum Gasteiger partial charge on any atom is -0.477 e. The highest BCUT2D eigenvalue weighted by molar-refractivity contribution is 5.30. The first-order valence-corrected chi connectivity index (χ1v) is 6.32. The van der Waals surface area contributed by atoms with Crippen LogP contribution < -0.4 is 10.5 Å². The van der Waals surface area contributed by atoms with E-state index in [0.29, 0.717) is 19.0 Å². The first kappa shape index (κ1) is 14.0. The molecule has 17 heavy (non-hydrogen) atoms. The third-order valence-corrected chi connectivity index (χ3v) is 2.66. The van der Waals surface area contributed by atoms with Crippen molar-refractivity contribution in [3.8, 4) is 5.88 Å². The Labute approximate surface area is 104 Å². The van der Waals surface area contributed by atoms with Crippen LogP contribution in [0, 0.1) is 0 Å². The van der Waals surface area contributed by atoms with Crippen LogP contribution >= 0.6 is 0 Å². The van der Waals surface area contributed by atoms with Crippen LogP contribution in [0.25, 0.3) is 0 Å². The molecule has 0 fully saturated rings. The molecule has 0 aliphatic heterocycles. The number of rotatable bonds is 5. The van der Waals surface area contributed by atoms with Crippen LogP contribution in [0.15, 0.2) is 12.1 Å². The van der Waals surface area contributed by atoms with Crippen molar-refractivity contribution in [1.29, 1.82) is 0 Å². The molecule has 0 radical (unpaired) electrons. The molecule has 0 spiro atoms. The molecule has 0 amide bonds. The minimum atomic E-state index is 0.0377. The molecule has 0 saturated heterocycles. The molecular formula is C14H24N2O. The summed E-state index contributed by atoms with van der Waals surface area (Å²) in [4.78, 5) is 4.58. The Morgan fingerprint density at radius 3 is 2.53 bits per heavy atom. The molecule has 2 N–H and O–H groups in total. The summed E-state index contributed by atoms with van der Waals surface area (Å²) in [5.74, 6) is 0.702. The highest BCUT2D eigenvalue weighted by Gasteiger charge is 2.17. The molecule has 0 unspecified atom stereocenters. The standard InChI is InChI=1S/C14H24N2O/c1-5-6-9-17-13-11(10-15)7-8-12(16-13)14(2,3)4/h7-8H,5-6,9-10,15H2,1-4H3. The third-order valence-electron chi connectivity index (χ3n) is 2.66. The molecule has 96 valence electrons. The predicted octanol–water partition coefficient (Wildman–Crippen LogP) is 3.02. The van der Waals surface area contributed by atoms with Crippen molar-refractivity contribution >= 4 is 0 Å². The maximum Gasteiger partial charge on any atom is 0.218 e. The monoisotopic (exact) mass is 236 g/mol. The fourth-order valence-electron chi connectivity index (χ4n) is 1.48. The highest BCUT2D eigenvalue weighted by Crippen LogP contribution is 2.24. The van der Waals surface area contributed by atoms with Gasteiger partial charge in [0.05, 0.1) is 6.61 Å². The van der Waals surface area contributed by atoms with Crippen molar-refractivity contribution < 1.29 is 4.74 Å². The van der Waals surface area contributed by atoms with Gasteiger partial charge < -0.3 is 10.5 Å². The number of nitrogens with two attached hydrogens (primary N) is 1. The molecule has 0 aromatic carbocycles. The average molecular weight is 236 g/mol. The smallest absolute Gasteiger partial charge is 0.218 e. The second kappa shape index (κ2) is 6.01. The van der Waals surface area contributed by atoms with Crippen molar-refractivity contribution in [2.75, 3.05) is 6.61 Å². The fraction of sp³-hybridized carbons (Fsp3) is 0.643. The largest absolute Gasteiger partial charge is 0.477 e. The zero-order valence-electron chi connectivity index (χ0n) is 11.4. The SMILES string of the molecule is CCCCOc1nc(C(C)(C)C)ccc1CN. The van der Waals surface area contributed by atoms with Crippen molar-refractivity contribution in [1.82, 2.24) is 4.98 Å². The predicted molar refractivity (Wildman–Crippen MR) is 71.2 cm³/mol. The Balaban J connectivity index is 2.90. The van der Waals surface area contributed by atoms with Gasteiger partial charge in [0.2, 0.25) is 5.88 Å². The molecule has 0 atom stereocenters. The first-order valence-electron chi connectivity index (χ1n) is 6.32. The third kappa shape index (κ3) is 4.00. The summed E-state index contributed by atoms with van der Waals surface area (Å²) in [5.41, 5.74) is 7.76. The lowest BCUT2D eigenvalue weighted by atomic mass is 9.91. The Morgan fingerprint density at radius 2 is 2.00 bits per heavy atom. The first-order chi connectivity index (χ1) is 7.99. The lowest BCUT2D eigenvalue weighted by Gasteiger charge is -2.19. The van der Waals surface area contributed by atoms with Gasteiger partial charge in [-0.05, 0) is 12.5 Å². The molecule has 0 bridgehead atoms. The van der Waals surface area contributed by atoms with Gasteiger partial charge >= 0.3 is 0 Å². The summed E-state index contributed by atoms with van der Waals surface area (Å²) in [6, 6.07) is 4.06. The summed E-state index contributed by atoms with van der Waals surface area (Å²) in [6.45, 7) is 9.77. The summed E-state index contributed by atoms with van der Waals surface area (Å²) < 4.78 is 5.71. The van der Waals surface area contributed by atoms with Gasteiger partial charge in [0, 0.05) is 23.2 Å². The van der Waals surface area contributed by atoms with E-state index in [2.05, 4.69) is 32.7 Å². The van der Waals surface area contributed by atoms with Crippen molar-refractivity contribution in [3.05, 3.63) is 23.4 Å². The van der Waals surface area contributed by atoms with Gasteiger partial charge in [-0.25, -0.2) is 4.98 Å². The number of pyridine rings is 1. The molecule has 0 aliphatic carbocycles. The second-order valence-corrected chi connectivity index (χ2v) is 5.32.